The molecule has 6 nitrogen and oxygen atoms in total. The Morgan fingerprint density at radius 2 is 1.07 bits per heavy atom. The molecule has 27 heavy (non-hydrogen) atoms. The SMILES string of the molecule is C=CCOC[C@H]1O[C@@H](OCC=C)[C@H](OCC=C)[C@@H](OCC=C)[C@H]1OCC=C. The van der Waals surface area contributed by atoms with Crippen LogP contribution in [-0.4, -0.2) is 70.3 Å². The standard InChI is InChI=1S/C21H32O6/c1-6-11-22-16-17-18(23-12-7-2)19(24-13-8-3)20(25-14-9-4)21(27-17)26-15-10-5/h6-10,17-21H,1-5,11-16H2/t17-,18+,19+,20-,21-/m1/s1. The first-order chi connectivity index (χ1) is 13.2. The van der Waals surface area contributed by atoms with Crippen molar-refractivity contribution in [3.05, 3.63) is 63.3 Å². The van der Waals surface area contributed by atoms with Crippen LogP contribution < -0.4 is 0 Å². The van der Waals surface area contributed by atoms with Crippen LogP contribution in [0.1, 0.15) is 0 Å². The van der Waals surface area contributed by atoms with Crippen LogP contribution in [0.15, 0.2) is 63.3 Å². The quantitative estimate of drug-likeness (QED) is 0.303. The summed E-state index contributed by atoms with van der Waals surface area (Å²) in [5.74, 6) is 0. The molecule has 5 atom stereocenters. The summed E-state index contributed by atoms with van der Waals surface area (Å²) in [6, 6.07) is 0. The van der Waals surface area contributed by atoms with Gasteiger partial charge in [0.15, 0.2) is 6.29 Å². The van der Waals surface area contributed by atoms with Gasteiger partial charge in [-0.3, -0.25) is 0 Å². The van der Waals surface area contributed by atoms with Gasteiger partial charge in [-0.25, -0.2) is 0 Å². The minimum absolute atomic E-state index is 0.296. The van der Waals surface area contributed by atoms with Crippen molar-refractivity contribution in [2.24, 2.45) is 0 Å². The molecule has 0 N–H and O–H groups in total. The summed E-state index contributed by atoms with van der Waals surface area (Å²) in [5.41, 5.74) is 0. The predicted molar refractivity (Wildman–Crippen MR) is 106 cm³/mol. The van der Waals surface area contributed by atoms with Gasteiger partial charge in [-0.2, -0.15) is 0 Å². The molecule has 0 aliphatic carbocycles. The summed E-state index contributed by atoms with van der Waals surface area (Å²) in [5, 5.41) is 0. The van der Waals surface area contributed by atoms with Crippen LogP contribution in [0, 0.1) is 0 Å². The molecule has 0 saturated carbocycles. The Morgan fingerprint density at radius 1 is 0.593 bits per heavy atom. The second-order valence-electron chi connectivity index (χ2n) is 5.75. The van der Waals surface area contributed by atoms with Crippen LogP contribution in [0.3, 0.4) is 0 Å². The monoisotopic (exact) mass is 380 g/mol. The Hall–Kier alpha value is -1.54. The number of ether oxygens (including phenoxy) is 6. The molecule has 1 aliphatic heterocycles. The highest BCUT2D eigenvalue weighted by molar-refractivity contribution is 4.95. The van der Waals surface area contributed by atoms with E-state index in [-0.39, 0.29) is 0 Å². The van der Waals surface area contributed by atoms with Gasteiger partial charge in [0.05, 0.1) is 39.6 Å². The highest BCUT2D eigenvalue weighted by Gasteiger charge is 2.48. The maximum Gasteiger partial charge on any atom is 0.187 e. The fourth-order valence-corrected chi connectivity index (χ4v) is 2.68. The summed E-state index contributed by atoms with van der Waals surface area (Å²) < 4.78 is 35.4. The van der Waals surface area contributed by atoms with Gasteiger partial charge in [-0.1, -0.05) is 30.4 Å². The molecule has 0 spiro atoms. The van der Waals surface area contributed by atoms with E-state index in [2.05, 4.69) is 32.9 Å². The predicted octanol–water partition coefficient (Wildman–Crippen LogP) is 2.83. The zero-order chi connectivity index (χ0) is 19.9. The van der Waals surface area contributed by atoms with E-state index in [1.54, 1.807) is 30.4 Å². The maximum atomic E-state index is 6.11. The topological polar surface area (TPSA) is 55.4 Å². The molecule has 0 aromatic carbocycles. The van der Waals surface area contributed by atoms with E-state index in [0.717, 1.165) is 0 Å². The third-order valence-electron chi connectivity index (χ3n) is 3.71. The zero-order valence-corrected chi connectivity index (χ0v) is 16.0. The molecular weight excluding hydrogens is 348 g/mol. The van der Waals surface area contributed by atoms with Crippen molar-refractivity contribution < 1.29 is 28.4 Å². The summed E-state index contributed by atoms with van der Waals surface area (Å²) in [6.07, 6.45) is 5.83. The molecule has 152 valence electrons. The van der Waals surface area contributed by atoms with Gasteiger partial charge in [0, 0.05) is 0 Å². The lowest BCUT2D eigenvalue weighted by molar-refractivity contribution is -0.317. The summed E-state index contributed by atoms with van der Waals surface area (Å²) in [7, 11) is 0. The second kappa shape index (κ2) is 14.5. The molecule has 1 aliphatic rings. The molecule has 0 bridgehead atoms. The molecule has 1 rings (SSSR count). The van der Waals surface area contributed by atoms with Crippen molar-refractivity contribution in [3.63, 3.8) is 0 Å². The Bertz CT molecular complexity index is 464. The summed E-state index contributed by atoms with van der Waals surface area (Å²) >= 11 is 0. The first-order valence-electron chi connectivity index (χ1n) is 8.97. The van der Waals surface area contributed by atoms with Gasteiger partial charge in [-0.05, 0) is 0 Å². The van der Waals surface area contributed by atoms with Crippen molar-refractivity contribution in [1.82, 2.24) is 0 Å². The Morgan fingerprint density at radius 3 is 1.63 bits per heavy atom. The van der Waals surface area contributed by atoms with E-state index in [9.17, 15) is 0 Å². The molecule has 0 aromatic heterocycles. The molecule has 1 fully saturated rings. The van der Waals surface area contributed by atoms with Crippen LogP contribution in [0.2, 0.25) is 0 Å². The highest BCUT2D eigenvalue weighted by Crippen LogP contribution is 2.29. The van der Waals surface area contributed by atoms with Crippen molar-refractivity contribution in [2.45, 2.75) is 30.7 Å². The Balaban J connectivity index is 3.07. The fourth-order valence-electron chi connectivity index (χ4n) is 2.68. The smallest absolute Gasteiger partial charge is 0.187 e. The highest BCUT2D eigenvalue weighted by atomic mass is 16.7. The average Bonchev–Trinajstić information content (AvgIpc) is 2.68. The molecule has 6 heteroatoms. The molecular formula is C21H32O6. The third-order valence-corrected chi connectivity index (χ3v) is 3.71. The summed E-state index contributed by atoms with van der Waals surface area (Å²) in [4.78, 5) is 0. The first kappa shape index (κ1) is 23.5. The molecule has 1 saturated heterocycles. The van der Waals surface area contributed by atoms with E-state index >= 15 is 0 Å². The molecule has 0 amide bonds. The van der Waals surface area contributed by atoms with Crippen molar-refractivity contribution >= 4 is 0 Å². The van der Waals surface area contributed by atoms with Gasteiger partial charge in [0.2, 0.25) is 0 Å². The number of rotatable bonds is 16. The van der Waals surface area contributed by atoms with Crippen molar-refractivity contribution in [2.75, 3.05) is 39.6 Å². The van der Waals surface area contributed by atoms with Crippen LogP contribution >= 0.6 is 0 Å². The van der Waals surface area contributed by atoms with Gasteiger partial charge in [0.25, 0.3) is 0 Å². The average molecular weight is 380 g/mol. The van der Waals surface area contributed by atoms with E-state index in [1.165, 1.54) is 0 Å². The van der Waals surface area contributed by atoms with Gasteiger partial charge < -0.3 is 28.4 Å². The number of hydrogen-bond acceptors (Lipinski definition) is 6. The summed E-state index contributed by atoms with van der Waals surface area (Å²) in [6.45, 7) is 20.5. The van der Waals surface area contributed by atoms with Gasteiger partial charge >= 0.3 is 0 Å². The van der Waals surface area contributed by atoms with E-state index in [0.29, 0.717) is 39.6 Å². The fraction of sp³-hybridized carbons (Fsp3) is 0.524. The minimum atomic E-state index is -0.668. The Kier molecular flexibility index (Phi) is 12.6. The van der Waals surface area contributed by atoms with Crippen LogP contribution in [0.25, 0.3) is 0 Å². The van der Waals surface area contributed by atoms with E-state index < -0.39 is 30.7 Å². The van der Waals surface area contributed by atoms with Crippen LogP contribution in [0.4, 0.5) is 0 Å². The lowest BCUT2D eigenvalue weighted by Gasteiger charge is -2.45. The minimum Gasteiger partial charge on any atom is -0.375 e. The van der Waals surface area contributed by atoms with Crippen LogP contribution in [0.5, 0.6) is 0 Å². The van der Waals surface area contributed by atoms with Crippen LogP contribution in [-0.2, 0) is 28.4 Å². The molecule has 1 heterocycles. The lowest BCUT2D eigenvalue weighted by Crippen LogP contribution is -2.62. The van der Waals surface area contributed by atoms with Crippen molar-refractivity contribution in [1.29, 1.82) is 0 Å². The lowest BCUT2D eigenvalue weighted by atomic mass is 9.98. The van der Waals surface area contributed by atoms with E-state index in [1.807, 2.05) is 0 Å². The maximum absolute atomic E-state index is 6.11. The largest absolute Gasteiger partial charge is 0.375 e. The number of hydrogen-bond donors (Lipinski definition) is 0. The second-order valence-corrected chi connectivity index (χ2v) is 5.75. The normalized spacial score (nSPS) is 27.6. The van der Waals surface area contributed by atoms with Gasteiger partial charge in [-0.15, -0.1) is 32.9 Å². The van der Waals surface area contributed by atoms with Crippen molar-refractivity contribution in [3.8, 4) is 0 Å². The third kappa shape index (κ3) is 7.92. The Labute approximate surface area is 162 Å². The van der Waals surface area contributed by atoms with Gasteiger partial charge in [0.1, 0.15) is 24.4 Å². The van der Waals surface area contributed by atoms with E-state index in [4.69, 9.17) is 28.4 Å². The molecule has 0 aromatic rings. The first-order valence-corrected chi connectivity index (χ1v) is 8.97. The molecule has 0 radical (unpaired) electrons. The molecule has 0 unspecified atom stereocenters. The zero-order valence-electron chi connectivity index (χ0n) is 16.0.